The monoisotopic (exact) mass is 303 g/mol. The van der Waals surface area contributed by atoms with Gasteiger partial charge in [0, 0.05) is 31.0 Å². The Bertz CT molecular complexity index is 653. The number of rotatable bonds is 6. The number of aliphatic carboxylic acids is 1. The predicted molar refractivity (Wildman–Crippen MR) is 75.0 cm³/mol. The number of benzene rings is 1. The molecule has 1 aromatic rings. The fourth-order valence-corrected chi connectivity index (χ4v) is 2.23. The molecular formula is C15H15N2O5-. The molecule has 7 heteroatoms. The maximum atomic E-state index is 12.2. The molecule has 1 N–H and O–H groups in total. The van der Waals surface area contributed by atoms with Gasteiger partial charge >= 0.3 is 0 Å². The van der Waals surface area contributed by atoms with Crippen LogP contribution in [0.2, 0.25) is 0 Å². The molecule has 1 heterocycles. The van der Waals surface area contributed by atoms with E-state index < -0.39 is 24.2 Å². The molecule has 2 rings (SSSR count). The molecule has 3 amide bonds. The van der Waals surface area contributed by atoms with Crippen molar-refractivity contribution in [1.29, 1.82) is 0 Å². The summed E-state index contributed by atoms with van der Waals surface area (Å²) in [5.74, 6) is -2.60. The van der Waals surface area contributed by atoms with Gasteiger partial charge in [-0.3, -0.25) is 19.3 Å². The maximum absolute atomic E-state index is 12.2. The lowest BCUT2D eigenvalue weighted by Gasteiger charge is -2.13. The van der Waals surface area contributed by atoms with Crippen LogP contribution < -0.4 is 10.4 Å². The minimum Gasteiger partial charge on any atom is -0.550 e. The van der Waals surface area contributed by atoms with Crippen LogP contribution in [0.4, 0.5) is 5.69 Å². The van der Waals surface area contributed by atoms with Gasteiger partial charge in [0.15, 0.2) is 0 Å². The van der Waals surface area contributed by atoms with E-state index in [9.17, 15) is 24.3 Å². The molecule has 0 unspecified atom stereocenters. The number of imide groups is 1. The van der Waals surface area contributed by atoms with E-state index in [1.165, 1.54) is 12.1 Å². The number of carbonyl (C=O) groups is 4. The lowest BCUT2D eigenvalue weighted by molar-refractivity contribution is -0.305. The quantitative estimate of drug-likeness (QED) is 0.753. The SMILES string of the molecule is CCCC(=O)Nc1ccc2c(c1)C(=O)N(CCC(=O)[O-])C2=O. The number of carboxylic acids is 1. The van der Waals surface area contributed by atoms with Gasteiger partial charge in [-0.1, -0.05) is 6.92 Å². The van der Waals surface area contributed by atoms with E-state index >= 15 is 0 Å². The molecule has 22 heavy (non-hydrogen) atoms. The van der Waals surface area contributed by atoms with Crippen molar-refractivity contribution in [3.05, 3.63) is 29.3 Å². The molecule has 0 bridgehead atoms. The molecule has 0 atom stereocenters. The van der Waals surface area contributed by atoms with Gasteiger partial charge in [0.05, 0.1) is 11.1 Å². The Hall–Kier alpha value is -2.70. The lowest BCUT2D eigenvalue weighted by atomic mass is 10.1. The second-order valence-corrected chi connectivity index (χ2v) is 4.94. The highest BCUT2D eigenvalue weighted by molar-refractivity contribution is 6.22. The van der Waals surface area contributed by atoms with E-state index in [0.29, 0.717) is 18.5 Å². The summed E-state index contributed by atoms with van der Waals surface area (Å²) in [6, 6.07) is 4.43. The largest absolute Gasteiger partial charge is 0.550 e. The predicted octanol–water partition coefficient (Wildman–Crippen LogP) is 0.161. The van der Waals surface area contributed by atoms with Crippen LogP contribution in [0.5, 0.6) is 0 Å². The fourth-order valence-electron chi connectivity index (χ4n) is 2.23. The van der Waals surface area contributed by atoms with Gasteiger partial charge in [0.25, 0.3) is 11.8 Å². The molecule has 0 saturated heterocycles. The molecular weight excluding hydrogens is 288 g/mol. The van der Waals surface area contributed by atoms with Crippen LogP contribution in [0, 0.1) is 0 Å². The van der Waals surface area contributed by atoms with E-state index in [0.717, 1.165) is 4.90 Å². The first-order valence-electron chi connectivity index (χ1n) is 6.94. The number of carbonyl (C=O) groups excluding carboxylic acids is 4. The van der Waals surface area contributed by atoms with Crippen LogP contribution in [0.15, 0.2) is 18.2 Å². The van der Waals surface area contributed by atoms with E-state index in [-0.39, 0.29) is 23.6 Å². The van der Waals surface area contributed by atoms with Crippen molar-refractivity contribution >= 4 is 29.4 Å². The molecule has 0 spiro atoms. The van der Waals surface area contributed by atoms with Gasteiger partial charge in [-0.15, -0.1) is 0 Å². The summed E-state index contributed by atoms with van der Waals surface area (Å²) in [4.78, 5) is 47.1. The number of hydrogen-bond acceptors (Lipinski definition) is 5. The summed E-state index contributed by atoms with van der Waals surface area (Å²) < 4.78 is 0. The third-order valence-electron chi connectivity index (χ3n) is 3.27. The van der Waals surface area contributed by atoms with Gasteiger partial charge < -0.3 is 15.2 Å². The summed E-state index contributed by atoms with van der Waals surface area (Å²) in [5.41, 5.74) is 0.801. The van der Waals surface area contributed by atoms with E-state index in [2.05, 4.69) is 5.32 Å². The molecule has 1 aliphatic heterocycles. The van der Waals surface area contributed by atoms with Gasteiger partial charge in [0.1, 0.15) is 0 Å². The minimum absolute atomic E-state index is 0.164. The Morgan fingerprint density at radius 1 is 1.14 bits per heavy atom. The first kappa shape index (κ1) is 15.7. The molecule has 116 valence electrons. The number of nitrogens with one attached hydrogen (secondary N) is 1. The van der Waals surface area contributed by atoms with Crippen LogP contribution in [-0.2, 0) is 9.59 Å². The van der Waals surface area contributed by atoms with Crippen molar-refractivity contribution in [2.45, 2.75) is 26.2 Å². The van der Waals surface area contributed by atoms with Gasteiger partial charge in [-0.05, 0) is 24.6 Å². The smallest absolute Gasteiger partial charge is 0.261 e. The summed E-state index contributed by atoms with van der Waals surface area (Å²) in [7, 11) is 0. The summed E-state index contributed by atoms with van der Waals surface area (Å²) in [5, 5.41) is 13.1. The minimum atomic E-state index is -1.33. The zero-order chi connectivity index (χ0) is 16.3. The molecule has 0 radical (unpaired) electrons. The summed E-state index contributed by atoms with van der Waals surface area (Å²) in [6.07, 6.45) is 0.651. The topological polar surface area (TPSA) is 107 Å². The lowest BCUT2D eigenvalue weighted by Crippen LogP contribution is -2.34. The van der Waals surface area contributed by atoms with Gasteiger partial charge in [-0.25, -0.2) is 0 Å². The highest BCUT2D eigenvalue weighted by Gasteiger charge is 2.35. The third-order valence-corrected chi connectivity index (χ3v) is 3.27. The van der Waals surface area contributed by atoms with Gasteiger partial charge in [0.2, 0.25) is 5.91 Å². The highest BCUT2D eigenvalue weighted by Crippen LogP contribution is 2.26. The Morgan fingerprint density at radius 3 is 2.45 bits per heavy atom. The Kier molecular flexibility index (Phi) is 4.55. The van der Waals surface area contributed by atoms with Crippen molar-refractivity contribution in [1.82, 2.24) is 4.90 Å². The number of nitrogens with zero attached hydrogens (tertiary/aromatic N) is 1. The Morgan fingerprint density at radius 2 is 1.82 bits per heavy atom. The first-order chi connectivity index (χ1) is 10.4. The van der Waals surface area contributed by atoms with Crippen molar-refractivity contribution < 1.29 is 24.3 Å². The molecule has 7 nitrogen and oxygen atoms in total. The standard InChI is InChI=1S/C15H16N2O5/c1-2-3-12(18)16-9-4-5-10-11(8-9)15(22)17(14(10)21)7-6-13(19)20/h4-5,8H,2-3,6-7H2,1H3,(H,16,18)(H,19,20)/p-1. The average molecular weight is 303 g/mol. The fraction of sp³-hybridized carbons (Fsp3) is 0.333. The zero-order valence-corrected chi connectivity index (χ0v) is 12.0. The first-order valence-corrected chi connectivity index (χ1v) is 6.94. The van der Waals surface area contributed by atoms with E-state index in [1.807, 2.05) is 6.92 Å². The van der Waals surface area contributed by atoms with Crippen LogP contribution >= 0.6 is 0 Å². The van der Waals surface area contributed by atoms with Crippen molar-refractivity contribution in [3.8, 4) is 0 Å². The number of amides is 3. The zero-order valence-electron chi connectivity index (χ0n) is 12.0. The highest BCUT2D eigenvalue weighted by atomic mass is 16.4. The second kappa shape index (κ2) is 6.38. The van der Waals surface area contributed by atoms with Crippen molar-refractivity contribution in [3.63, 3.8) is 0 Å². The number of fused-ring (bicyclic) bond motifs is 1. The molecule has 0 saturated carbocycles. The van der Waals surface area contributed by atoms with Crippen molar-refractivity contribution in [2.24, 2.45) is 0 Å². The second-order valence-electron chi connectivity index (χ2n) is 4.94. The average Bonchev–Trinajstić information content (AvgIpc) is 2.69. The Balaban J connectivity index is 2.18. The Labute approximate surface area is 126 Å². The van der Waals surface area contributed by atoms with Crippen LogP contribution in [0.25, 0.3) is 0 Å². The van der Waals surface area contributed by atoms with E-state index in [1.54, 1.807) is 6.07 Å². The molecule has 0 aromatic heterocycles. The third kappa shape index (κ3) is 3.13. The van der Waals surface area contributed by atoms with Crippen LogP contribution in [0.3, 0.4) is 0 Å². The summed E-state index contributed by atoms with van der Waals surface area (Å²) in [6.45, 7) is 1.64. The van der Waals surface area contributed by atoms with Crippen molar-refractivity contribution in [2.75, 3.05) is 11.9 Å². The normalized spacial score (nSPS) is 13.2. The molecule has 1 aliphatic rings. The number of anilines is 1. The van der Waals surface area contributed by atoms with E-state index in [4.69, 9.17) is 0 Å². The molecule has 0 aliphatic carbocycles. The number of carboxylic acid groups (broad SMARTS) is 1. The molecule has 1 aromatic carbocycles. The summed E-state index contributed by atoms with van der Waals surface area (Å²) >= 11 is 0. The molecule has 0 fully saturated rings. The van der Waals surface area contributed by atoms with Gasteiger partial charge in [-0.2, -0.15) is 0 Å². The maximum Gasteiger partial charge on any atom is 0.261 e. The number of hydrogen-bond donors (Lipinski definition) is 1. The van der Waals surface area contributed by atoms with Crippen LogP contribution in [-0.4, -0.2) is 35.1 Å². The van der Waals surface area contributed by atoms with Crippen LogP contribution in [0.1, 0.15) is 46.9 Å².